The number of aliphatic hydroxyl groups is 1. The molecule has 1 heterocycles. The average Bonchev–Trinajstić information content (AvgIpc) is 3.09. The van der Waals surface area contributed by atoms with E-state index in [9.17, 15) is 4.79 Å². The minimum absolute atomic E-state index is 0.104. The predicted molar refractivity (Wildman–Crippen MR) is 81.2 cm³/mol. The van der Waals surface area contributed by atoms with Gasteiger partial charge in [-0.15, -0.1) is 0 Å². The minimum atomic E-state index is -0.167. The van der Waals surface area contributed by atoms with Gasteiger partial charge >= 0.3 is 0 Å². The van der Waals surface area contributed by atoms with Crippen molar-refractivity contribution < 1.29 is 9.90 Å². The van der Waals surface area contributed by atoms with Gasteiger partial charge in [0.15, 0.2) is 5.13 Å². The molecule has 0 bridgehead atoms. The highest BCUT2D eigenvalue weighted by Gasteiger charge is 2.42. The lowest BCUT2D eigenvalue weighted by Gasteiger charge is -2.14. The molecule has 1 aromatic heterocycles. The molecule has 1 aromatic rings. The molecule has 0 unspecified atom stereocenters. The maximum atomic E-state index is 12.2. The Hall–Kier alpha value is -1.34. The first-order valence-electron chi connectivity index (χ1n) is 6.88. The topological polar surface area (TPSA) is 91.5 Å². The van der Waals surface area contributed by atoms with Gasteiger partial charge in [-0.1, -0.05) is 11.3 Å². The van der Waals surface area contributed by atoms with Crippen LogP contribution in [0.3, 0.4) is 0 Å². The summed E-state index contributed by atoms with van der Waals surface area (Å²) in [6.45, 7) is 3.60. The number of aliphatic hydroxyl groups excluding tert-OH is 1. The fourth-order valence-corrected chi connectivity index (χ4v) is 2.99. The molecule has 1 aliphatic rings. The lowest BCUT2D eigenvalue weighted by molar-refractivity contribution is 0.0945. The second-order valence-corrected chi connectivity index (χ2v) is 6.36. The van der Waals surface area contributed by atoms with E-state index in [0.29, 0.717) is 11.4 Å². The van der Waals surface area contributed by atoms with Crippen LogP contribution in [0.4, 0.5) is 10.9 Å². The molecule has 0 aliphatic heterocycles. The van der Waals surface area contributed by atoms with Crippen LogP contribution in [0.25, 0.3) is 0 Å². The second-order valence-electron chi connectivity index (χ2n) is 5.38. The zero-order chi connectivity index (χ0) is 14.8. The monoisotopic (exact) mass is 298 g/mol. The van der Waals surface area contributed by atoms with E-state index >= 15 is 0 Å². The van der Waals surface area contributed by atoms with E-state index in [1.165, 1.54) is 11.3 Å². The van der Waals surface area contributed by atoms with Crippen molar-refractivity contribution in [2.24, 2.45) is 5.41 Å². The van der Waals surface area contributed by atoms with Crippen molar-refractivity contribution in [2.75, 3.05) is 37.4 Å². The van der Waals surface area contributed by atoms with Gasteiger partial charge in [0.1, 0.15) is 10.7 Å². The molecule has 0 atom stereocenters. The molecule has 0 radical (unpaired) electrons. The van der Waals surface area contributed by atoms with E-state index in [4.69, 9.17) is 10.8 Å². The fourth-order valence-electron chi connectivity index (χ4n) is 2.06. The molecule has 1 amide bonds. The van der Waals surface area contributed by atoms with Crippen LogP contribution >= 0.6 is 11.3 Å². The molecule has 112 valence electrons. The van der Waals surface area contributed by atoms with Crippen LogP contribution in [0.2, 0.25) is 0 Å². The number of hydrogen-bond donors (Lipinski definition) is 3. The molecule has 1 saturated carbocycles. The first kappa shape index (κ1) is 15.1. The zero-order valence-corrected chi connectivity index (χ0v) is 12.8. The zero-order valence-electron chi connectivity index (χ0n) is 12.0. The number of amides is 1. The van der Waals surface area contributed by atoms with Crippen molar-refractivity contribution in [3.8, 4) is 0 Å². The lowest BCUT2D eigenvalue weighted by Crippen LogP contribution is -2.30. The molecule has 1 aliphatic carbocycles. The number of nitrogens with zero attached hydrogens (tertiary/aromatic N) is 2. The van der Waals surface area contributed by atoms with Crippen LogP contribution in [0.15, 0.2) is 0 Å². The second kappa shape index (κ2) is 5.97. The number of nitrogens with one attached hydrogen (secondary N) is 1. The third kappa shape index (κ3) is 3.21. The summed E-state index contributed by atoms with van der Waals surface area (Å²) in [5, 5.41) is 12.7. The maximum Gasteiger partial charge on any atom is 0.265 e. The van der Waals surface area contributed by atoms with Gasteiger partial charge in [-0.3, -0.25) is 4.79 Å². The number of nitrogen functional groups attached to an aromatic ring is 1. The number of hydrogen-bond acceptors (Lipinski definition) is 6. The highest BCUT2D eigenvalue weighted by atomic mass is 32.1. The number of aromatic nitrogens is 1. The number of thiazole rings is 1. The largest absolute Gasteiger partial charge is 0.396 e. The van der Waals surface area contributed by atoms with Crippen LogP contribution in [0.5, 0.6) is 0 Å². The van der Waals surface area contributed by atoms with Gasteiger partial charge < -0.3 is 21.1 Å². The van der Waals surface area contributed by atoms with Gasteiger partial charge in [-0.25, -0.2) is 4.98 Å². The van der Waals surface area contributed by atoms with E-state index < -0.39 is 0 Å². The van der Waals surface area contributed by atoms with Crippen molar-refractivity contribution in [3.63, 3.8) is 0 Å². The van der Waals surface area contributed by atoms with Crippen LogP contribution in [0.1, 0.15) is 35.9 Å². The number of carbonyl (C=O) groups excluding carboxylic acids is 1. The standard InChI is InChI=1S/C13H22N4O2S/c1-3-17(2)12-16-10(14)9(20-12)11(19)15-8-13(4-5-13)6-7-18/h18H,3-8,14H2,1-2H3,(H,15,19). The third-order valence-electron chi connectivity index (χ3n) is 3.87. The Bertz CT molecular complexity index is 485. The Morgan fingerprint density at radius 2 is 2.30 bits per heavy atom. The van der Waals surface area contributed by atoms with Crippen LogP contribution < -0.4 is 16.0 Å². The number of anilines is 2. The summed E-state index contributed by atoms with van der Waals surface area (Å²) in [6.07, 6.45) is 2.88. The van der Waals surface area contributed by atoms with E-state index in [1.54, 1.807) is 0 Å². The fraction of sp³-hybridized carbons (Fsp3) is 0.692. The number of carbonyl (C=O) groups is 1. The Morgan fingerprint density at radius 3 is 2.85 bits per heavy atom. The smallest absolute Gasteiger partial charge is 0.265 e. The van der Waals surface area contributed by atoms with E-state index in [0.717, 1.165) is 30.9 Å². The van der Waals surface area contributed by atoms with Gasteiger partial charge in [-0.2, -0.15) is 0 Å². The molecule has 0 aromatic carbocycles. The molecule has 0 spiro atoms. The van der Waals surface area contributed by atoms with Gasteiger partial charge in [-0.05, 0) is 31.6 Å². The molecule has 4 N–H and O–H groups in total. The SMILES string of the molecule is CCN(C)c1nc(N)c(C(=O)NCC2(CCO)CC2)s1. The van der Waals surface area contributed by atoms with Gasteiger partial charge in [0.25, 0.3) is 5.91 Å². The molecule has 7 heteroatoms. The normalized spacial score (nSPS) is 15.9. The quantitative estimate of drug-likeness (QED) is 0.700. The molecular formula is C13H22N4O2S. The molecule has 20 heavy (non-hydrogen) atoms. The highest BCUT2D eigenvalue weighted by molar-refractivity contribution is 7.18. The van der Waals surface area contributed by atoms with Crippen LogP contribution in [-0.4, -0.2) is 42.7 Å². The Morgan fingerprint density at radius 1 is 1.60 bits per heavy atom. The molecule has 0 saturated heterocycles. The summed E-state index contributed by atoms with van der Waals surface area (Å²) in [4.78, 5) is 18.8. The number of rotatable bonds is 7. The Balaban J connectivity index is 1.97. The van der Waals surface area contributed by atoms with E-state index in [-0.39, 0.29) is 23.7 Å². The summed E-state index contributed by atoms with van der Waals surface area (Å²) in [6, 6.07) is 0. The average molecular weight is 298 g/mol. The van der Waals surface area contributed by atoms with Gasteiger partial charge in [0, 0.05) is 26.7 Å². The van der Waals surface area contributed by atoms with Crippen molar-refractivity contribution in [3.05, 3.63) is 4.88 Å². The van der Waals surface area contributed by atoms with Crippen molar-refractivity contribution in [1.29, 1.82) is 0 Å². The predicted octanol–water partition coefficient (Wildman–Crippen LogP) is 1.07. The van der Waals surface area contributed by atoms with Crippen LogP contribution in [-0.2, 0) is 0 Å². The lowest BCUT2D eigenvalue weighted by atomic mass is 10.0. The third-order valence-corrected chi connectivity index (χ3v) is 5.06. The first-order valence-corrected chi connectivity index (χ1v) is 7.69. The summed E-state index contributed by atoms with van der Waals surface area (Å²) < 4.78 is 0. The van der Waals surface area contributed by atoms with Gasteiger partial charge in [0.2, 0.25) is 0 Å². The summed E-state index contributed by atoms with van der Waals surface area (Å²) in [5.74, 6) is 0.120. The summed E-state index contributed by atoms with van der Waals surface area (Å²) in [5.41, 5.74) is 5.92. The van der Waals surface area contributed by atoms with Crippen LogP contribution in [0, 0.1) is 5.41 Å². The Labute approximate surface area is 123 Å². The summed E-state index contributed by atoms with van der Waals surface area (Å²) in [7, 11) is 1.92. The highest BCUT2D eigenvalue weighted by Crippen LogP contribution is 2.48. The molecule has 6 nitrogen and oxygen atoms in total. The van der Waals surface area contributed by atoms with Crippen molar-refractivity contribution in [1.82, 2.24) is 10.3 Å². The van der Waals surface area contributed by atoms with E-state index in [2.05, 4.69) is 10.3 Å². The molecule has 2 rings (SSSR count). The first-order chi connectivity index (χ1) is 9.51. The van der Waals surface area contributed by atoms with E-state index in [1.807, 2.05) is 18.9 Å². The van der Waals surface area contributed by atoms with Crippen molar-refractivity contribution >= 4 is 28.2 Å². The summed E-state index contributed by atoms with van der Waals surface area (Å²) >= 11 is 1.31. The van der Waals surface area contributed by atoms with Crippen molar-refractivity contribution in [2.45, 2.75) is 26.2 Å². The van der Waals surface area contributed by atoms with Gasteiger partial charge in [0.05, 0.1) is 0 Å². The minimum Gasteiger partial charge on any atom is -0.396 e. The number of nitrogens with two attached hydrogens (primary N) is 1. The molecular weight excluding hydrogens is 276 g/mol. The molecule has 1 fully saturated rings. The Kier molecular flexibility index (Phi) is 4.49. The maximum absolute atomic E-state index is 12.2.